The molecule has 0 bridgehead atoms. The van der Waals surface area contributed by atoms with Crippen molar-refractivity contribution in [2.45, 2.75) is 657 Å². The fraction of sp³-hybridized carbons (Fsp3) is 0.964. The van der Waals surface area contributed by atoms with E-state index in [9.17, 15) is 0 Å². The molecular weight excluding hydrogens is 1400 g/mol. The van der Waals surface area contributed by atoms with Crippen LogP contribution in [0.4, 0.5) is 0 Å². The molecule has 0 saturated carbocycles. The number of allylic oxidation sites excluding steroid dienone is 2. The molecule has 0 aliphatic heterocycles. The van der Waals surface area contributed by atoms with E-state index in [2.05, 4.69) is 79.7 Å². The monoisotopic (exact) mass is 1620 g/mol. The van der Waals surface area contributed by atoms with E-state index in [1.807, 2.05) is 0 Å². The molecule has 0 rings (SSSR count). The number of rotatable bonds is 104. The first kappa shape index (κ1) is 114. The second-order valence-electron chi connectivity index (χ2n) is 37.6. The largest absolute Gasteiger partial charge is 0.381 e. The van der Waals surface area contributed by atoms with Gasteiger partial charge in [-0.05, 0) is 102 Å². The van der Waals surface area contributed by atoms with Gasteiger partial charge >= 0.3 is 0 Å². The highest BCUT2D eigenvalue weighted by atomic mass is 16.8. The number of hydrogen-bond donors (Lipinski definition) is 0. The van der Waals surface area contributed by atoms with Crippen molar-refractivity contribution in [1.29, 1.82) is 0 Å². The maximum Gasteiger partial charge on any atom is 0.191 e. The van der Waals surface area contributed by atoms with Gasteiger partial charge in [0.05, 0.1) is 12.2 Å². The van der Waals surface area contributed by atoms with Gasteiger partial charge in [0.25, 0.3) is 0 Å². The highest BCUT2D eigenvalue weighted by molar-refractivity contribution is 5.04. The van der Waals surface area contributed by atoms with Gasteiger partial charge in [0.2, 0.25) is 0 Å². The summed E-state index contributed by atoms with van der Waals surface area (Å²) in [5, 5.41) is 0. The Kier molecular flexibility index (Phi) is 98.1. The van der Waals surface area contributed by atoms with Crippen LogP contribution in [0, 0.1) is 0 Å². The Labute approximate surface area is 727 Å². The summed E-state index contributed by atoms with van der Waals surface area (Å²) in [7, 11) is 0. The minimum Gasteiger partial charge on any atom is -0.381 e. The zero-order valence-corrected chi connectivity index (χ0v) is 81.0. The third-order valence-corrected chi connectivity index (χ3v) is 25.7. The van der Waals surface area contributed by atoms with Crippen molar-refractivity contribution >= 4 is 0 Å². The van der Waals surface area contributed by atoms with E-state index in [0.29, 0.717) is 0 Å². The molecule has 4 atom stereocenters. The Bertz CT molecular complexity index is 1670. The first-order valence-corrected chi connectivity index (χ1v) is 54.5. The molecule has 5 heteroatoms. The molecule has 0 radical (unpaired) electrons. The van der Waals surface area contributed by atoms with Gasteiger partial charge in [-0.3, -0.25) is 0 Å². The Morgan fingerprint density at radius 3 is 0.522 bits per heavy atom. The molecule has 4 unspecified atom stereocenters. The molecule has 0 aliphatic rings. The van der Waals surface area contributed by atoms with E-state index < -0.39 is 11.6 Å². The topological polar surface area (TPSA) is 46.2 Å². The smallest absolute Gasteiger partial charge is 0.191 e. The maximum absolute atomic E-state index is 8.58. The van der Waals surface area contributed by atoms with Crippen LogP contribution in [-0.2, 0) is 23.7 Å². The average molecular weight is 1620 g/mol. The normalized spacial score (nSPS) is 13.7. The standard InChI is InChI=1S/C110H218O5/c1-9-17-25-33-41-47-55-67-79-91-103-111-105-93-81-69-57-51-49-53-65-77-89-101-109(99-87-75-63-45-37-29-21-13-5,113-107(95-83-71-59-39-31-23-15-7)97-85-73-61-43-35-27-19-11-3)115-110(100-88-76-64-46-38-30-22-14-6,114-108(96-84-72-60-40-32-24-16-8)98-86-74-62-44-36-28-20-12-4)102-90-78-66-54-50-52-58-70-82-94-106-112-104-92-80-68-56-48-42-34-26-18-10-2/h89-90,101-102,107-108H,9-88,91-100,103-106H2,1-8H3. The zero-order valence-electron chi connectivity index (χ0n) is 81.0. The van der Waals surface area contributed by atoms with Crippen molar-refractivity contribution < 1.29 is 23.7 Å². The summed E-state index contributed by atoms with van der Waals surface area (Å²) in [6.45, 7) is 22.6. The van der Waals surface area contributed by atoms with E-state index in [4.69, 9.17) is 23.7 Å². The lowest BCUT2D eigenvalue weighted by Gasteiger charge is -2.44. The molecule has 0 N–H and O–H groups in total. The van der Waals surface area contributed by atoms with Crippen LogP contribution in [0.3, 0.4) is 0 Å². The van der Waals surface area contributed by atoms with Crippen molar-refractivity contribution in [1.82, 2.24) is 0 Å². The van der Waals surface area contributed by atoms with Crippen LogP contribution in [0.5, 0.6) is 0 Å². The third kappa shape index (κ3) is 86.6. The van der Waals surface area contributed by atoms with Gasteiger partial charge in [-0.1, -0.05) is 543 Å². The van der Waals surface area contributed by atoms with Crippen LogP contribution < -0.4 is 0 Å². The number of hydrogen-bond acceptors (Lipinski definition) is 5. The van der Waals surface area contributed by atoms with E-state index >= 15 is 0 Å². The summed E-state index contributed by atoms with van der Waals surface area (Å²) < 4.78 is 37.4. The molecule has 115 heavy (non-hydrogen) atoms. The summed E-state index contributed by atoms with van der Waals surface area (Å²) in [6.07, 6.45) is 129. The lowest BCUT2D eigenvalue weighted by Crippen LogP contribution is -2.49. The minimum atomic E-state index is -0.864. The third-order valence-electron chi connectivity index (χ3n) is 25.7. The lowest BCUT2D eigenvalue weighted by molar-refractivity contribution is -0.348. The molecule has 0 heterocycles. The van der Waals surface area contributed by atoms with Crippen molar-refractivity contribution in [3.8, 4) is 0 Å². The SMILES string of the molecule is CCCCCCCCCCCCOCCCCCCCCCCC=CC(CCCCCCCCCC)(OC(CCCCCCCCC)CCCCCCCCCC)OC(C=CCCCCCCCCCCOCCCCCCCCCCCC)(CCCCCCCCCC)OC(CCCCCCCCC)CCCCCCCCCC. The molecule has 0 aromatic carbocycles. The summed E-state index contributed by atoms with van der Waals surface area (Å²) in [5.74, 6) is -1.73. The highest BCUT2D eigenvalue weighted by Crippen LogP contribution is 2.40. The van der Waals surface area contributed by atoms with Crippen LogP contribution in [0.15, 0.2) is 24.3 Å². The Morgan fingerprint density at radius 1 is 0.174 bits per heavy atom. The van der Waals surface area contributed by atoms with Gasteiger partial charge in [-0.25, -0.2) is 0 Å². The van der Waals surface area contributed by atoms with Crippen LogP contribution in [0.2, 0.25) is 0 Å². The quantitative estimate of drug-likeness (QED) is 0.0345. The molecule has 5 nitrogen and oxygen atoms in total. The van der Waals surface area contributed by atoms with Gasteiger partial charge in [-0.2, -0.15) is 0 Å². The van der Waals surface area contributed by atoms with Crippen molar-refractivity contribution in [3.05, 3.63) is 24.3 Å². The Hall–Kier alpha value is -0.720. The Morgan fingerprint density at radius 2 is 0.330 bits per heavy atom. The highest BCUT2D eigenvalue weighted by Gasteiger charge is 2.43. The van der Waals surface area contributed by atoms with E-state index in [-0.39, 0.29) is 12.2 Å². The first-order valence-electron chi connectivity index (χ1n) is 54.5. The van der Waals surface area contributed by atoms with Gasteiger partial charge < -0.3 is 23.7 Å². The second kappa shape index (κ2) is 98.7. The molecule has 0 aromatic heterocycles. The Balaban J connectivity index is 7.53. The minimum absolute atomic E-state index is 0.170. The summed E-state index contributed by atoms with van der Waals surface area (Å²) in [6, 6.07) is 0. The van der Waals surface area contributed by atoms with Gasteiger partial charge in [0.15, 0.2) is 11.6 Å². The number of ether oxygens (including phenoxy) is 5. The molecule has 0 aliphatic carbocycles. The van der Waals surface area contributed by atoms with E-state index in [1.54, 1.807) is 0 Å². The number of unbranched alkanes of at least 4 members (excludes halogenated alkanes) is 74. The fourth-order valence-electron chi connectivity index (χ4n) is 17.8. The predicted octanol–water partition coefficient (Wildman–Crippen LogP) is 39.6. The van der Waals surface area contributed by atoms with Gasteiger partial charge in [-0.15, -0.1) is 0 Å². The lowest BCUT2D eigenvalue weighted by atomic mass is 9.97. The maximum atomic E-state index is 8.58. The molecule has 688 valence electrons. The van der Waals surface area contributed by atoms with Crippen LogP contribution in [-0.4, -0.2) is 50.2 Å². The summed E-state index contributed by atoms with van der Waals surface area (Å²) in [4.78, 5) is 0. The second-order valence-corrected chi connectivity index (χ2v) is 37.6. The fourth-order valence-corrected chi connectivity index (χ4v) is 17.8. The van der Waals surface area contributed by atoms with Crippen molar-refractivity contribution in [2.75, 3.05) is 26.4 Å². The van der Waals surface area contributed by atoms with Gasteiger partial charge in [0, 0.05) is 39.3 Å². The summed E-state index contributed by atoms with van der Waals surface area (Å²) >= 11 is 0. The average Bonchev–Trinajstić information content (AvgIpc) is 0.797. The van der Waals surface area contributed by atoms with Crippen molar-refractivity contribution in [2.24, 2.45) is 0 Å². The molecule has 0 saturated heterocycles. The van der Waals surface area contributed by atoms with Crippen LogP contribution in [0.1, 0.15) is 633 Å². The van der Waals surface area contributed by atoms with E-state index in [0.717, 1.165) is 90.6 Å². The van der Waals surface area contributed by atoms with Gasteiger partial charge in [0.1, 0.15) is 0 Å². The van der Waals surface area contributed by atoms with Crippen LogP contribution >= 0.6 is 0 Å². The molecule has 0 spiro atoms. The van der Waals surface area contributed by atoms with Crippen molar-refractivity contribution in [3.63, 3.8) is 0 Å². The predicted molar refractivity (Wildman–Crippen MR) is 517 cm³/mol. The summed E-state index contributed by atoms with van der Waals surface area (Å²) in [5.41, 5.74) is 0. The molecule has 0 amide bonds. The molecule has 0 fully saturated rings. The molecule has 0 aromatic rings. The molecular formula is C110H218O5. The van der Waals surface area contributed by atoms with Crippen LogP contribution in [0.25, 0.3) is 0 Å². The zero-order chi connectivity index (χ0) is 83.0. The van der Waals surface area contributed by atoms with E-state index in [1.165, 1.54) is 514 Å². The first-order chi connectivity index (χ1) is 56.9.